The normalized spacial score (nSPS) is 22.0. The fourth-order valence-corrected chi connectivity index (χ4v) is 2.92. The molecule has 1 amide bonds. The summed E-state index contributed by atoms with van der Waals surface area (Å²) in [6.45, 7) is 1.57. The maximum atomic E-state index is 12.2. The molecular formula is C14H18N6O. The summed E-state index contributed by atoms with van der Waals surface area (Å²) in [5.41, 5.74) is 0.825. The van der Waals surface area contributed by atoms with Gasteiger partial charge in [-0.05, 0) is 19.3 Å². The van der Waals surface area contributed by atoms with Gasteiger partial charge < -0.3 is 10.2 Å². The average molecular weight is 286 g/mol. The van der Waals surface area contributed by atoms with Crippen molar-refractivity contribution < 1.29 is 4.79 Å². The largest absolute Gasteiger partial charge is 0.355 e. The summed E-state index contributed by atoms with van der Waals surface area (Å²) in [5, 5.41) is 8.28. The highest BCUT2D eigenvalue weighted by Gasteiger charge is 2.33. The first-order valence-electron chi connectivity index (χ1n) is 7.40. The number of hydrogen-bond donors (Lipinski definition) is 1. The molecule has 1 aliphatic heterocycles. The number of carbonyl (C=O) groups is 1. The number of carbonyl (C=O) groups excluding carboxylic acids is 1. The molecule has 3 heterocycles. The summed E-state index contributed by atoms with van der Waals surface area (Å²) in [6.07, 6.45) is 6.50. The minimum atomic E-state index is 0.0623. The van der Waals surface area contributed by atoms with E-state index < -0.39 is 0 Å². The van der Waals surface area contributed by atoms with Crippen LogP contribution in [0.3, 0.4) is 0 Å². The molecule has 1 N–H and O–H groups in total. The van der Waals surface area contributed by atoms with Gasteiger partial charge in [-0.15, -0.1) is 0 Å². The fourth-order valence-electron chi connectivity index (χ4n) is 2.92. The van der Waals surface area contributed by atoms with Crippen LogP contribution in [0.2, 0.25) is 0 Å². The first-order chi connectivity index (χ1) is 10.2. The summed E-state index contributed by atoms with van der Waals surface area (Å²) in [4.78, 5) is 23.0. The maximum absolute atomic E-state index is 12.2. The Bertz CT molecular complexity index is 692. The van der Waals surface area contributed by atoms with E-state index in [1.54, 1.807) is 17.2 Å². The van der Waals surface area contributed by atoms with Gasteiger partial charge in [0, 0.05) is 26.2 Å². The molecule has 2 aromatic rings. The summed E-state index contributed by atoms with van der Waals surface area (Å²) in [6, 6.07) is 0.427. The zero-order valence-corrected chi connectivity index (χ0v) is 12.0. The first kappa shape index (κ1) is 12.6. The summed E-state index contributed by atoms with van der Waals surface area (Å²) in [5.74, 6) is 1.14. The van der Waals surface area contributed by atoms with Crippen LogP contribution in [0.4, 0.5) is 5.82 Å². The van der Waals surface area contributed by atoms with Crippen molar-refractivity contribution in [3.05, 3.63) is 12.5 Å². The molecule has 2 fully saturated rings. The zero-order valence-electron chi connectivity index (χ0n) is 12.0. The number of aryl methyl sites for hydroxylation is 1. The van der Waals surface area contributed by atoms with Gasteiger partial charge in [-0.1, -0.05) is 0 Å². The highest BCUT2D eigenvalue weighted by atomic mass is 16.2. The van der Waals surface area contributed by atoms with Crippen LogP contribution in [0.15, 0.2) is 12.5 Å². The van der Waals surface area contributed by atoms with E-state index in [1.165, 1.54) is 0 Å². The van der Waals surface area contributed by atoms with E-state index in [0.717, 1.165) is 49.2 Å². The number of aromatic nitrogens is 4. The van der Waals surface area contributed by atoms with Gasteiger partial charge >= 0.3 is 0 Å². The molecule has 2 aliphatic rings. The quantitative estimate of drug-likeness (QED) is 0.887. The van der Waals surface area contributed by atoms with E-state index >= 15 is 0 Å². The number of fused-ring (bicyclic) bond motifs is 1. The van der Waals surface area contributed by atoms with Crippen LogP contribution in [0.1, 0.15) is 19.3 Å². The molecule has 1 unspecified atom stereocenters. The third-order valence-corrected chi connectivity index (χ3v) is 4.29. The van der Waals surface area contributed by atoms with E-state index in [0.29, 0.717) is 6.04 Å². The van der Waals surface area contributed by atoms with Crippen molar-refractivity contribution in [2.75, 3.05) is 18.0 Å². The second-order valence-corrected chi connectivity index (χ2v) is 5.92. The van der Waals surface area contributed by atoms with E-state index in [4.69, 9.17) is 0 Å². The smallest absolute Gasteiger partial charge is 0.225 e. The molecule has 7 heteroatoms. The minimum Gasteiger partial charge on any atom is -0.355 e. The predicted octanol–water partition coefficient (Wildman–Crippen LogP) is 0.468. The SMILES string of the molecule is Cn1ncc2c(N3CCC(C(=O)NC4CC4)C3)ncnc21. The van der Waals surface area contributed by atoms with Gasteiger partial charge in [0.05, 0.1) is 17.5 Å². The van der Waals surface area contributed by atoms with Gasteiger partial charge in [-0.3, -0.25) is 9.48 Å². The number of nitrogens with one attached hydrogen (secondary N) is 1. The van der Waals surface area contributed by atoms with Crippen molar-refractivity contribution in [2.24, 2.45) is 13.0 Å². The fraction of sp³-hybridized carbons (Fsp3) is 0.571. The van der Waals surface area contributed by atoms with Crippen LogP contribution >= 0.6 is 0 Å². The topological polar surface area (TPSA) is 75.9 Å². The third-order valence-electron chi connectivity index (χ3n) is 4.29. The lowest BCUT2D eigenvalue weighted by Gasteiger charge is -2.17. The molecule has 110 valence electrons. The molecule has 0 spiro atoms. The lowest BCUT2D eigenvalue weighted by atomic mass is 10.1. The van der Waals surface area contributed by atoms with E-state index in [-0.39, 0.29) is 11.8 Å². The van der Waals surface area contributed by atoms with Crippen molar-refractivity contribution in [1.82, 2.24) is 25.1 Å². The van der Waals surface area contributed by atoms with Crippen LogP contribution in [0, 0.1) is 5.92 Å². The Morgan fingerprint density at radius 1 is 1.33 bits per heavy atom. The van der Waals surface area contributed by atoms with Crippen LogP contribution in [0.25, 0.3) is 11.0 Å². The molecule has 0 aromatic carbocycles. The second kappa shape index (κ2) is 4.68. The van der Waals surface area contributed by atoms with Gasteiger partial charge in [0.2, 0.25) is 5.91 Å². The second-order valence-electron chi connectivity index (χ2n) is 5.92. The van der Waals surface area contributed by atoms with Crippen molar-refractivity contribution in [3.8, 4) is 0 Å². The Morgan fingerprint density at radius 3 is 3.00 bits per heavy atom. The Kier molecular flexibility index (Phi) is 2.80. The molecule has 1 atom stereocenters. The maximum Gasteiger partial charge on any atom is 0.225 e. The third kappa shape index (κ3) is 2.22. The molecule has 0 radical (unpaired) electrons. The van der Waals surface area contributed by atoms with Gasteiger partial charge in [0.15, 0.2) is 5.65 Å². The van der Waals surface area contributed by atoms with Crippen LogP contribution in [0.5, 0.6) is 0 Å². The summed E-state index contributed by atoms with van der Waals surface area (Å²) in [7, 11) is 1.87. The molecule has 1 saturated heterocycles. The van der Waals surface area contributed by atoms with Gasteiger partial charge in [-0.2, -0.15) is 5.10 Å². The summed E-state index contributed by atoms with van der Waals surface area (Å²) >= 11 is 0. The van der Waals surface area contributed by atoms with E-state index in [9.17, 15) is 4.79 Å². The predicted molar refractivity (Wildman–Crippen MR) is 77.8 cm³/mol. The molecule has 4 rings (SSSR count). The van der Waals surface area contributed by atoms with Crippen molar-refractivity contribution in [3.63, 3.8) is 0 Å². The average Bonchev–Trinajstić information content (AvgIpc) is 3.02. The molecule has 1 saturated carbocycles. The molecular weight excluding hydrogens is 268 g/mol. The minimum absolute atomic E-state index is 0.0623. The lowest BCUT2D eigenvalue weighted by Crippen LogP contribution is -2.34. The van der Waals surface area contributed by atoms with Crippen molar-refractivity contribution >= 4 is 22.8 Å². The van der Waals surface area contributed by atoms with Crippen LogP contribution < -0.4 is 10.2 Å². The lowest BCUT2D eigenvalue weighted by molar-refractivity contribution is -0.124. The number of anilines is 1. The monoisotopic (exact) mass is 286 g/mol. The Balaban J connectivity index is 1.55. The van der Waals surface area contributed by atoms with Crippen LogP contribution in [-0.4, -0.2) is 44.8 Å². The number of nitrogens with zero attached hydrogens (tertiary/aromatic N) is 5. The van der Waals surface area contributed by atoms with Gasteiger partial charge in [-0.25, -0.2) is 9.97 Å². The van der Waals surface area contributed by atoms with E-state index in [2.05, 4.69) is 25.3 Å². The Labute approximate surface area is 122 Å². The Hall–Kier alpha value is -2.18. The van der Waals surface area contributed by atoms with Gasteiger partial charge in [0.1, 0.15) is 12.1 Å². The number of hydrogen-bond acceptors (Lipinski definition) is 5. The van der Waals surface area contributed by atoms with Gasteiger partial charge in [0.25, 0.3) is 0 Å². The zero-order chi connectivity index (χ0) is 14.4. The first-order valence-corrected chi connectivity index (χ1v) is 7.40. The highest BCUT2D eigenvalue weighted by Crippen LogP contribution is 2.28. The Morgan fingerprint density at radius 2 is 2.19 bits per heavy atom. The van der Waals surface area contributed by atoms with Crippen molar-refractivity contribution in [2.45, 2.75) is 25.3 Å². The van der Waals surface area contributed by atoms with E-state index in [1.807, 2.05) is 7.05 Å². The molecule has 21 heavy (non-hydrogen) atoms. The van der Waals surface area contributed by atoms with Crippen LogP contribution in [-0.2, 0) is 11.8 Å². The number of amides is 1. The van der Waals surface area contributed by atoms with Crippen molar-refractivity contribution in [1.29, 1.82) is 0 Å². The number of rotatable bonds is 3. The standard InChI is InChI=1S/C14H18N6O/c1-19-12-11(6-17-19)13(16-8-15-12)20-5-4-9(7-20)14(21)18-10-2-3-10/h6,8-10H,2-5,7H2,1H3,(H,18,21). The summed E-state index contributed by atoms with van der Waals surface area (Å²) < 4.78 is 1.74. The molecule has 0 bridgehead atoms. The molecule has 1 aliphatic carbocycles. The highest BCUT2D eigenvalue weighted by molar-refractivity contribution is 5.87. The molecule has 7 nitrogen and oxygen atoms in total. The molecule has 2 aromatic heterocycles.